The Hall–Kier alpha value is -4.76. The van der Waals surface area contributed by atoms with Crippen molar-refractivity contribution in [2.75, 3.05) is 0 Å². The SMILES string of the molecule is CCCc1nc(C(C)(C)O)c(C(=O)OC2OC(=O)c3ccccc32)n1Cc1ccc(-c2ccccc2C(=O)OC(C)(C)C)cc1. The van der Waals surface area contributed by atoms with Crippen LogP contribution in [-0.2, 0) is 32.8 Å². The van der Waals surface area contributed by atoms with E-state index in [2.05, 4.69) is 0 Å². The number of hydrogen-bond acceptors (Lipinski definition) is 8. The first kappa shape index (κ1) is 31.7. The van der Waals surface area contributed by atoms with E-state index in [1.807, 2.05) is 64.1 Å². The first-order valence-electron chi connectivity index (χ1n) is 15.0. The Morgan fingerprint density at radius 3 is 2.20 bits per heavy atom. The van der Waals surface area contributed by atoms with Gasteiger partial charge in [0.2, 0.25) is 0 Å². The highest BCUT2D eigenvalue weighted by Crippen LogP contribution is 2.34. The van der Waals surface area contributed by atoms with Crippen molar-refractivity contribution < 1.29 is 33.7 Å². The highest BCUT2D eigenvalue weighted by Gasteiger charge is 2.38. The Morgan fingerprint density at radius 2 is 1.56 bits per heavy atom. The molecule has 1 aliphatic heterocycles. The lowest BCUT2D eigenvalue weighted by atomic mass is 9.98. The Bertz CT molecular complexity index is 1740. The van der Waals surface area contributed by atoms with Gasteiger partial charge in [-0.05, 0) is 69.9 Å². The highest BCUT2D eigenvalue weighted by atomic mass is 16.7. The summed E-state index contributed by atoms with van der Waals surface area (Å²) in [7, 11) is 0. The molecule has 234 valence electrons. The van der Waals surface area contributed by atoms with E-state index < -0.39 is 35.4 Å². The number of hydrogen-bond donors (Lipinski definition) is 1. The lowest BCUT2D eigenvalue weighted by Gasteiger charge is -2.20. The summed E-state index contributed by atoms with van der Waals surface area (Å²) in [5.74, 6) is -1.12. The summed E-state index contributed by atoms with van der Waals surface area (Å²) in [4.78, 5) is 43.8. The van der Waals surface area contributed by atoms with Crippen LogP contribution in [-0.4, -0.2) is 38.2 Å². The fourth-order valence-electron chi connectivity index (χ4n) is 5.29. The van der Waals surface area contributed by atoms with Crippen LogP contribution in [0.4, 0.5) is 0 Å². The molecule has 0 aliphatic carbocycles. The molecule has 0 radical (unpaired) electrons. The third-order valence-corrected chi connectivity index (χ3v) is 7.31. The first-order chi connectivity index (χ1) is 21.3. The minimum Gasteiger partial charge on any atom is -0.456 e. The number of rotatable bonds is 9. The minimum atomic E-state index is -1.46. The van der Waals surface area contributed by atoms with Gasteiger partial charge in [0.1, 0.15) is 22.7 Å². The van der Waals surface area contributed by atoms with Gasteiger partial charge in [-0.3, -0.25) is 0 Å². The Morgan fingerprint density at radius 1 is 0.911 bits per heavy atom. The van der Waals surface area contributed by atoms with Crippen LogP contribution in [0.1, 0.15) is 108 Å². The second-order valence-electron chi connectivity index (χ2n) is 12.6. The van der Waals surface area contributed by atoms with Gasteiger partial charge in [-0.25, -0.2) is 19.4 Å². The molecule has 0 spiro atoms. The third-order valence-electron chi connectivity index (χ3n) is 7.31. The molecule has 1 unspecified atom stereocenters. The molecule has 0 saturated carbocycles. The molecule has 9 heteroatoms. The van der Waals surface area contributed by atoms with Gasteiger partial charge < -0.3 is 23.9 Å². The quantitative estimate of drug-likeness (QED) is 0.207. The van der Waals surface area contributed by atoms with Crippen LogP contribution in [0.5, 0.6) is 0 Å². The molecule has 5 rings (SSSR count). The summed E-state index contributed by atoms with van der Waals surface area (Å²) in [6.45, 7) is 10.9. The van der Waals surface area contributed by atoms with E-state index in [0.717, 1.165) is 23.1 Å². The van der Waals surface area contributed by atoms with Crippen molar-refractivity contribution in [3.8, 4) is 11.1 Å². The second kappa shape index (κ2) is 12.3. The number of aromatic nitrogens is 2. The van der Waals surface area contributed by atoms with E-state index in [-0.39, 0.29) is 17.9 Å². The second-order valence-corrected chi connectivity index (χ2v) is 12.6. The highest BCUT2D eigenvalue weighted by molar-refractivity contribution is 5.97. The van der Waals surface area contributed by atoms with Crippen molar-refractivity contribution in [1.82, 2.24) is 9.55 Å². The molecule has 0 fully saturated rings. The maximum atomic E-state index is 13.8. The van der Waals surface area contributed by atoms with Crippen molar-refractivity contribution in [3.05, 3.63) is 112 Å². The van der Waals surface area contributed by atoms with Gasteiger partial charge in [-0.2, -0.15) is 0 Å². The van der Waals surface area contributed by atoms with Gasteiger partial charge in [0.25, 0.3) is 6.29 Å². The van der Waals surface area contributed by atoms with E-state index in [9.17, 15) is 19.5 Å². The average molecular weight is 611 g/mol. The van der Waals surface area contributed by atoms with Gasteiger partial charge in [0.05, 0.1) is 11.1 Å². The molecule has 45 heavy (non-hydrogen) atoms. The standard InChI is InChI=1S/C36H38N2O7/c1-7-12-28-37-30(36(5,6)42)29(33(41)44-34-27-16-11-10-15-26(27)31(39)43-34)38(28)21-22-17-19-23(20-18-22)24-13-8-9-14-25(24)32(40)45-35(2,3)4/h8-11,13-20,34,42H,7,12,21H2,1-6H3. The molecule has 1 atom stereocenters. The Labute approximate surface area is 262 Å². The summed E-state index contributed by atoms with van der Waals surface area (Å²) < 4.78 is 18.5. The number of carbonyl (C=O) groups excluding carboxylic acids is 3. The maximum Gasteiger partial charge on any atom is 0.360 e. The number of aryl methyl sites for hydroxylation is 1. The van der Waals surface area contributed by atoms with Gasteiger partial charge in [-0.1, -0.05) is 67.6 Å². The van der Waals surface area contributed by atoms with Gasteiger partial charge in [-0.15, -0.1) is 0 Å². The number of aliphatic hydroxyl groups is 1. The number of cyclic esters (lactones) is 1. The van der Waals surface area contributed by atoms with E-state index in [4.69, 9.17) is 19.2 Å². The maximum absolute atomic E-state index is 13.8. The monoisotopic (exact) mass is 610 g/mol. The van der Waals surface area contributed by atoms with Crippen molar-refractivity contribution in [2.45, 2.75) is 78.4 Å². The van der Waals surface area contributed by atoms with Crippen molar-refractivity contribution >= 4 is 17.9 Å². The molecule has 0 amide bonds. The lowest BCUT2D eigenvalue weighted by molar-refractivity contribution is -0.0734. The zero-order chi connectivity index (χ0) is 32.5. The Kier molecular flexibility index (Phi) is 8.67. The summed E-state index contributed by atoms with van der Waals surface area (Å²) in [5.41, 5.74) is 1.88. The summed E-state index contributed by atoms with van der Waals surface area (Å²) in [6, 6.07) is 21.7. The number of imidazole rings is 1. The van der Waals surface area contributed by atoms with Crippen LogP contribution in [0.15, 0.2) is 72.8 Å². The van der Waals surface area contributed by atoms with Crippen molar-refractivity contribution in [3.63, 3.8) is 0 Å². The van der Waals surface area contributed by atoms with Crippen LogP contribution < -0.4 is 0 Å². The molecule has 3 aromatic carbocycles. The smallest absolute Gasteiger partial charge is 0.360 e. The minimum absolute atomic E-state index is 0.0886. The number of nitrogens with zero attached hydrogens (tertiary/aromatic N) is 2. The van der Waals surface area contributed by atoms with E-state index in [1.54, 1.807) is 54.8 Å². The average Bonchev–Trinajstić information content (AvgIpc) is 3.50. The molecule has 4 aromatic rings. The normalized spacial score (nSPS) is 14.6. The van der Waals surface area contributed by atoms with Gasteiger partial charge in [0, 0.05) is 18.5 Å². The topological polar surface area (TPSA) is 117 Å². The van der Waals surface area contributed by atoms with Gasteiger partial charge in [0.15, 0.2) is 5.69 Å². The lowest BCUT2D eigenvalue weighted by Crippen LogP contribution is -2.24. The number of benzene rings is 3. The molecule has 0 saturated heterocycles. The molecular formula is C36H38N2O7. The van der Waals surface area contributed by atoms with E-state index >= 15 is 0 Å². The molecule has 9 nitrogen and oxygen atoms in total. The van der Waals surface area contributed by atoms with Crippen LogP contribution in [0.25, 0.3) is 11.1 Å². The molecule has 1 aromatic heterocycles. The van der Waals surface area contributed by atoms with Crippen molar-refractivity contribution in [2.24, 2.45) is 0 Å². The fourth-order valence-corrected chi connectivity index (χ4v) is 5.29. The number of carbonyl (C=O) groups is 3. The largest absolute Gasteiger partial charge is 0.456 e. The molecule has 0 bridgehead atoms. The number of ether oxygens (including phenoxy) is 3. The predicted octanol–water partition coefficient (Wildman–Crippen LogP) is 6.76. The van der Waals surface area contributed by atoms with Crippen molar-refractivity contribution in [1.29, 1.82) is 0 Å². The zero-order valence-electron chi connectivity index (χ0n) is 26.4. The zero-order valence-corrected chi connectivity index (χ0v) is 26.4. The first-order valence-corrected chi connectivity index (χ1v) is 15.0. The third kappa shape index (κ3) is 6.83. The molecule has 1 N–H and O–H groups in total. The van der Waals surface area contributed by atoms with Gasteiger partial charge >= 0.3 is 17.9 Å². The fraction of sp³-hybridized carbons (Fsp3) is 0.333. The number of esters is 3. The predicted molar refractivity (Wildman–Crippen MR) is 168 cm³/mol. The molecule has 2 heterocycles. The molecule has 1 aliphatic rings. The van der Waals surface area contributed by atoms with E-state index in [0.29, 0.717) is 28.9 Å². The number of fused-ring (bicyclic) bond motifs is 1. The Balaban J connectivity index is 1.48. The molecular weight excluding hydrogens is 572 g/mol. The summed E-state index contributed by atoms with van der Waals surface area (Å²) in [5, 5.41) is 11.0. The van der Waals surface area contributed by atoms with Crippen LogP contribution in [0.2, 0.25) is 0 Å². The van der Waals surface area contributed by atoms with E-state index in [1.165, 1.54) is 0 Å². The van der Waals surface area contributed by atoms with Crippen LogP contribution in [0, 0.1) is 0 Å². The summed E-state index contributed by atoms with van der Waals surface area (Å²) in [6.07, 6.45) is 0.0992. The van der Waals surface area contributed by atoms with Crippen LogP contribution >= 0.6 is 0 Å². The summed E-state index contributed by atoms with van der Waals surface area (Å²) >= 11 is 0. The van der Waals surface area contributed by atoms with Crippen LogP contribution in [0.3, 0.4) is 0 Å².